The summed E-state index contributed by atoms with van der Waals surface area (Å²) in [6.45, 7) is -0.518. The number of hydrogen-bond acceptors (Lipinski definition) is 7. The van der Waals surface area contributed by atoms with Gasteiger partial charge in [0, 0.05) is 11.7 Å². The largest absolute Gasteiger partial charge is 0.507 e. The Morgan fingerprint density at radius 1 is 1.14 bits per heavy atom. The van der Waals surface area contributed by atoms with E-state index in [1.807, 2.05) is 0 Å². The Bertz CT molecular complexity index is 1020. The Balaban J connectivity index is 1.72. The van der Waals surface area contributed by atoms with Crippen molar-refractivity contribution in [1.82, 2.24) is 5.32 Å². The number of carbonyl (C=O) groups excluding carboxylic acids is 2. The van der Waals surface area contributed by atoms with Crippen molar-refractivity contribution in [3.05, 3.63) is 48.0 Å². The predicted molar refractivity (Wildman–Crippen MR) is 103 cm³/mol. The van der Waals surface area contributed by atoms with Crippen LogP contribution in [0.25, 0.3) is 0 Å². The number of phenols is 1. The van der Waals surface area contributed by atoms with Crippen LogP contribution in [0.1, 0.15) is 23.2 Å². The van der Waals surface area contributed by atoms with Crippen molar-refractivity contribution in [3.63, 3.8) is 0 Å². The quantitative estimate of drug-likeness (QED) is 0.553. The standard InChI is InChI=1S/C19H20N2O7S/c1-27-14-6-4-13(5-7-14)21-29(25,26)15-8-9-17(22)16(10-15)19(24)28-11-18(23)20-12-2-3-12/h4-10,12,21-22H,2-3,11H2,1H3,(H,20,23). The zero-order valence-corrected chi connectivity index (χ0v) is 16.4. The first-order chi connectivity index (χ1) is 13.8. The normalized spacial score (nSPS) is 13.4. The zero-order valence-electron chi connectivity index (χ0n) is 15.5. The van der Waals surface area contributed by atoms with Crippen LogP contribution in [-0.4, -0.2) is 45.2 Å². The number of carbonyl (C=O) groups is 2. The van der Waals surface area contributed by atoms with Crippen LogP contribution in [0.3, 0.4) is 0 Å². The number of amides is 1. The first-order valence-corrected chi connectivity index (χ1v) is 10.2. The van der Waals surface area contributed by atoms with Crippen LogP contribution in [0, 0.1) is 0 Å². The molecule has 0 unspecified atom stereocenters. The molecule has 1 fully saturated rings. The highest BCUT2D eigenvalue weighted by atomic mass is 32.2. The fourth-order valence-corrected chi connectivity index (χ4v) is 3.51. The highest BCUT2D eigenvalue weighted by molar-refractivity contribution is 7.92. The van der Waals surface area contributed by atoms with Gasteiger partial charge in [-0.2, -0.15) is 0 Å². The van der Waals surface area contributed by atoms with Gasteiger partial charge >= 0.3 is 5.97 Å². The summed E-state index contributed by atoms with van der Waals surface area (Å²) in [6.07, 6.45) is 1.78. The van der Waals surface area contributed by atoms with Gasteiger partial charge in [-0.25, -0.2) is 13.2 Å². The number of aromatic hydroxyl groups is 1. The molecule has 10 heteroatoms. The molecule has 0 radical (unpaired) electrons. The van der Waals surface area contributed by atoms with Gasteiger partial charge in [0.05, 0.1) is 12.0 Å². The summed E-state index contributed by atoms with van der Waals surface area (Å²) in [5.74, 6) is -1.35. The van der Waals surface area contributed by atoms with Crippen LogP contribution >= 0.6 is 0 Å². The van der Waals surface area contributed by atoms with Crippen LogP contribution in [0.5, 0.6) is 11.5 Å². The van der Waals surface area contributed by atoms with E-state index in [-0.39, 0.29) is 16.5 Å². The summed E-state index contributed by atoms with van der Waals surface area (Å²) in [5.41, 5.74) is -0.0680. The summed E-state index contributed by atoms with van der Waals surface area (Å²) in [7, 11) is -2.54. The first-order valence-electron chi connectivity index (χ1n) is 8.75. The van der Waals surface area contributed by atoms with Crippen molar-refractivity contribution >= 4 is 27.6 Å². The molecule has 2 aromatic rings. The lowest BCUT2D eigenvalue weighted by Crippen LogP contribution is -2.30. The summed E-state index contributed by atoms with van der Waals surface area (Å²) in [5, 5.41) is 12.6. The lowest BCUT2D eigenvalue weighted by atomic mass is 10.2. The molecule has 0 aliphatic heterocycles. The molecule has 2 aromatic carbocycles. The van der Waals surface area contributed by atoms with Gasteiger partial charge in [-0.05, 0) is 55.3 Å². The lowest BCUT2D eigenvalue weighted by Gasteiger charge is -2.11. The molecule has 0 bridgehead atoms. The summed E-state index contributed by atoms with van der Waals surface area (Å²) in [4.78, 5) is 23.6. The van der Waals surface area contributed by atoms with E-state index in [0.717, 1.165) is 31.0 Å². The Kier molecular flexibility index (Phi) is 5.92. The van der Waals surface area contributed by atoms with E-state index in [1.165, 1.54) is 19.2 Å². The van der Waals surface area contributed by atoms with Crippen molar-refractivity contribution in [3.8, 4) is 11.5 Å². The van der Waals surface area contributed by atoms with Crippen molar-refractivity contribution in [2.45, 2.75) is 23.8 Å². The summed E-state index contributed by atoms with van der Waals surface area (Å²) in [6, 6.07) is 9.54. The summed E-state index contributed by atoms with van der Waals surface area (Å²) < 4.78 is 37.5. The number of phenolic OH excluding ortho intramolecular Hbond substituents is 1. The fraction of sp³-hybridized carbons (Fsp3) is 0.263. The number of methoxy groups -OCH3 is 1. The van der Waals surface area contributed by atoms with E-state index in [9.17, 15) is 23.1 Å². The van der Waals surface area contributed by atoms with Crippen LogP contribution in [-0.2, 0) is 19.6 Å². The molecule has 154 valence electrons. The Hall–Kier alpha value is -3.27. The van der Waals surface area contributed by atoms with E-state index >= 15 is 0 Å². The van der Waals surface area contributed by atoms with Gasteiger partial charge in [0.15, 0.2) is 6.61 Å². The second-order valence-corrected chi connectivity index (χ2v) is 8.11. The molecule has 0 aromatic heterocycles. The summed E-state index contributed by atoms with van der Waals surface area (Å²) >= 11 is 0. The number of hydrogen-bond donors (Lipinski definition) is 3. The number of rotatable bonds is 8. The molecule has 0 heterocycles. The van der Waals surface area contributed by atoms with Crippen LogP contribution in [0.2, 0.25) is 0 Å². The van der Waals surface area contributed by atoms with Crippen molar-refractivity contribution < 1.29 is 32.6 Å². The van der Waals surface area contributed by atoms with Crippen LogP contribution in [0.15, 0.2) is 47.4 Å². The Morgan fingerprint density at radius 3 is 2.45 bits per heavy atom. The Morgan fingerprint density at radius 2 is 1.83 bits per heavy atom. The number of nitrogens with one attached hydrogen (secondary N) is 2. The van der Waals surface area contributed by atoms with Gasteiger partial charge in [-0.3, -0.25) is 9.52 Å². The predicted octanol–water partition coefficient (Wildman–Crippen LogP) is 1.64. The van der Waals surface area contributed by atoms with E-state index < -0.39 is 34.3 Å². The molecule has 9 nitrogen and oxygen atoms in total. The van der Waals surface area contributed by atoms with Gasteiger partial charge in [0.1, 0.15) is 17.1 Å². The fourth-order valence-electron chi connectivity index (χ4n) is 2.42. The second-order valence-electron chi connectivity index (χ2n) is 6.43. The first kappa shape index (κ1) is 20.5. The number of sulfonamides is 1. The van der Waals surface area contributed by atoms with Crippen LogP contribution < -0.4 is 14.8 Å². The van der Waals surface area contributed by atoms with Gasteiger partial charge in [-0.1, -0.05) is 0 Å². The average Bonchev–Trinajstić information content (AvgIpc) is 3.50. The van der Waals surface area contributed by atoms with Gasteiger partial charge in [0.2, 0.25) is 0 Å². The molecule has 1 amide bonds. The SMILES string of the molecule is COc1ccc(NS(=O)(=O)c2ccc(O)c(C(=O)OCC(=O)NC3CC3)c2)cc1. The van der Waals surface area contributed by atoms with Gasteiger partial charge < -0.3 is 19.9 Å². The minimum absolute atomic E-state index is 0.118. The monoisotopic (exact) mass is 420 g/mol. The van der Waals surface area contributed by atoms with E-state index in [2.05, 4.69) is 10.0 Å². The second kappa shape index (κ2) is 8.39. The molecule has 29 heavy (non-hydrogen) atoms. The molecule has 3 rings (SSSR count). The van der Waals surface area contributed by atoms with Crippen molar-refractivity contribution in [2.24, 2.45) is 0 Å². The van der Waals surface area contributed by atoms with E-state index in [4.69, 9.17) is 9.47 Å². The maximum absolute atomic E-state index is 12.6. The third-order valence-corrected chi connectivity index (χ3v) is 5.50. The molecule has 0 saturated heterocycles. The average molecular weight is 420 g/mol. The number of esters is 1. The van der Waals surface area contributed by atoms with Gasteiger partial charge in [-0.15, -0.1) is 0 Å². The molecule has 1 saturated carbocycles. The number of ether oxygens (including phenoxy) is 2. The molecular weight excluding hydrogens is 400 g/mol. The highest BCUT2D eigenvalue weighted by Gasteiger charge is 2.25. The minimum atomic E-state index is -4.03. The number of benzene rings is 2. The maximum Gasteiger partial charge on any atom is 0.342 e. The van der Waals surface area contributed by atoms with Gasteiger partial charge in [0.25, 0.3) is 15.9 Å². The van der Waals surface area contributed by atoms with Crippen LogP contribution in [0.4, 0.5) is 5.69 Å². The molecule has 3 N–H and O–H groups in total. The molecule has 0 atom stereocenters. The van der Waals surface area contributed by atoms with Crippen molar-refractivity contribution in [1.29, 1.82) is 0 Å². The van der Waals surface area contributed by atoms with E-state index in [1.54, 1.807) is 12.1 Å². The molecule has 0 spiro atoms. The molecule has 1 aliphatic carbocycles. The van der Waals surface area contributed by atoms with E-state index in [0.29, 0.717) is 11.4 Å². The van der Waals surface area contributed by atoms with Crippen molar-refractivity contribution in [2.75, 3.05) is 18.4 Å². The lowest BCUT2D eigenvalue weighted by molar-refractivity contribution is -0.124. The highest BCUT2D eigenvalue weighted by Crippen LogP contribution is 2.25. The zero-order chi connectivity index (χ0) is 21.0. The Labute approximate surface area is 167 Å². The topological polar surface area (TPSA) is 131 Å². The maximum atomic E-state index is 12.6. The third-order valence-electron chi connectivity index (χ3n) is 4.12. The minimum Gasteiger partial charge on any atom is -0.507 e. The molecular formula is C19H20N2O7S. The molecule has 1 aliphatic rings. The smallest absolute Gasteiger partial charge is 0.342 e. The number of anilines is 1. The third kappa shape index (κ3) is 5.38.